The number of benzene rings is 3. The summed E-state index contributed by atoms with van der Waals surface area (Å²) in [5.74, 6) is 0.000607. The van der Waals surface area contributed by atoms with E-state index in [2.05, 4.69) is 0 Å². The first-order chi connectivity index (χ1) is 15.0. The standard InChI is InChI=1S/C24H21ClO6/c1-17-15-19(11-12-21(17)25)30-16-23(26)31-22-10-6-5-9-20(22)24(27)29-14-13-28-18-7-3-2-4-8-18/h2-12,15H,13-14,16H2,1H3. The molecule has 0 bridgehead atoms. The second-order valence-corrected chi connectivity index (χ2v) is 6.87. The summed E-state index contributed by atoms with van der Waals surface area (Å²) < 4.78 is 21.4. The summed E-state index contributed by atoms with van der Waals surface area (Å²) in [6.45, 7) is 1.76. The lowest BCUT2D eigenvalue weighted by Crippen LogP contribution is -2.20. The first-order valence-corrected chi connectivity index (χ1v) is 9.94. The minimum Gasteiger partial charge on any atom is -0.490 e. The van der Waals surface area contributed by atoms with Crippen molar-refractivity contribution in [2.24, 2.45) is 0 Å². The number of rotatable bonds is 9. The molecule has 31 heavy (non-hydrogen) atoms. The lowest BCUT2D eigenvalue weighted by Gasteiger charge is -2.11. The first kappa shape index (κ1) is 22.2. The highest BCUT2D eigenvalue weighted by Crippen LogP contribution is 2.22. The van der Waals surface area contributed by atoms with Crippen LogP contribution in [0.15, 0.2) is 72.8 Å². The molecule has 160 valence electrons. The second kappa shape index (κ2) is 11.0. The zero-order valence-electron chi connectivity index (χ0n) is 16.9. The van der Waals surface area contributed by atoms with Gasteiger partial charge in [-0.15, -0.1) is 0 Å². The van der Waals surface area contributed by atoms with E-state index < -0.39 is 11.9 Å². The van der Waals surface area contributed by atoms with E-state index in [4.69, 9.17) is 30.5 Å². The third kappa shape index (κ3) is 6.76. The van der Waals surface area contributed by atoms with Crippen LogP contribution in [0.4, 0.5) is 0 Å². The molecule has 0 fully saturated rings. The molecular formula is C24H21ClO6. The Hall–Kier alpha value is -3.51. The summed E-state index contributed by atoms with van der Waals surface area (Å²) in [6, 6.07) is 20.6. The van der Waals surface area contributed by atoms with E-state index in [1.54, 1.807) is 30.3 Å². The molecule has 0 aromatic heterocycles. The fourth-order valence-electron chi connectivity index (χ4n) is 2.61. The average Bonchev–Trinajstić information content (AvgIpc) is 2.78. The third-order valence-electron chi connectivity index (χ3n) is 4.15. The zero-order chi connectivity index (χ0) is 22.1. The van der Waals surface area contributed by atoms with Gasteiger partial charge < -0.3 is 18.9 Å². The molecule has 3 rings (SSSR count). The van der Waals surface area contributed by atoms with Gasteiger partial charge in [0.1, 0.15) is 36.0 Å². The van der Waals surface area contributed by atoms with Crippen LogP contribution in [-0.4, -0.2) is 31.8 Å². The predicted molar refractivity (Wildman–Crippen MR) is 116 cm³/mol. The SMILES string of the molecule is Cc1cc(OCC(=O)Oc2ccccc2C(=O)OCCOc2ccccc2)ccc1Cl. The van der Waals surface area contributed by atoms with E-state index in [-0.39, 0.29) is 31.1 Å². The number of para-hydroxylation sites is 2. The van der Waals surface area contributed by atoms with Gasteiger partial charge in [-0.2, -0.15) is 0 Å². The van der Waals surface area contributed by atoms with E-state index in [1.807, 2.05) is 37.3 Å². The molecule has 0 spiro atoms. The number of esters is 2. The normalized spacial score (nSPS) is 10.3. The van der Waals surface area contributed by atoms with Crippen molar-refractivity contribution in [3.05, 3.63) is 88.9 Å². The summed E-state index contributed by atoms with van der Waals surface area (Å²) in [6.07, 6.45) is 0. The number of aryl methyl sites for hydroxylation is 1. The van der Waals surface area contributed by atoms with Gasteiger partial charge in [0.25, 0.3) is 0 Å². The highest BCUT2D eigenvalue weighted by molar-refractivity contribution is 6.31. The molecule has 0 amide bonds. The number of carbonyl (C=O) groups excluding carboxylic acids is 2. The van der Waals surface area contributed by atoms with Crippen LogP contribution < -0.4 is 14.2 Å². The number of ether oxygens (including phenoxy) is 4. The molecule has 0 heterocycles. The molecule has 0 aliphatic carbocycles. The van der Waals surface area contributed by atoms with Gasteiger partial charge in [-0.25, -0.2) is 9.59 Å². The van der Waals surface area contributed by atoms with E-state index >= 15 is 0 Å². The van der Waals surface area contributed by atoms with Gasteiger partial charge in [-0.3, -0.25) is 0 Å². The Bertz CT molecular complexity index is 1040. The molecule has 3 aromatic rings. The van der Waals surface area contributed by atoms with Gasteiger partial charge in [0.15, 0.2) is 6.61 Å². The number of halogens is 1. The fraction of sp³-hybridized carbons (Fsp3) is 0.167. The van der Waals surface area contributed by atoms with Gasteiger partial charge in [0, 0.05) is 5.02 Å². The van der Waals surface area contributed by atoms with E-state index in [0.717, 1.165) is 5.56 Å². The van der Waals surface area contributed by atoms with Gasteiger partial charge in [0.2, 0.25) is 0 Å². The van der Waals surface area contributed by atoms with Crippen molar-refractivity contribution in [2.75, 3.05) is 19.8 Å². The lowest BCUT2D eigenvalue weighted by atomic mass is 10.2. The molecule has 6 nitrogen and oxygen atoms in total. The molecule has 0 N–H and O–H groups in total. The monoisotopic (exact) mass is 440 g/mol. The summed E-state index contributed by atoms with van der Waals surface area (Å²) in [4.78, 5) is 24.6. The van der Waals surface area contributed by atoms with Crippen LogP contribution >= 0.6 is 11.6 Å². The van der Waals surface area contributed by atoms with E-state index in [1.165, 1.54) is 12.1 Å². The minimum atomic E-state index is -0.653. The van der Waals surface area contributed by atoms with E-state index in [9.17, 15) is 9.59 Å². The summed E-state index contributed by atoms with van der Waals surface area (Å²) in [7, 11) is 0. The molecule has 0 radical (unpaired) electrons. The maximum atomic E-state index is 12.4. The van der Waals surface area contributed by atoms with Crippen molar-refractivity contribution < 1.29 is 28.5 Å². The summed E-state index contributed by atoms with van der Waals surface area (Å²) in [5, 5.41) is 0.608. The molecule has 0 unspecified atom stereocenters. The van der Waals surface area contributed by atoms with Crippen LogP contribution in [0.25, 0.3) is 0 Å². The van der Waals surface area contributed by atoms with Gasteiger partial charge in [0.05, 0.1) is 0 Å². The Kier molecular flexibility index (Phi) is 7.90. The van der Waals surface area contributed by atoms with Crippen molar-refractivity contribution in [3.63, 3.8) is 0 Å². The van der Waals surface area contributed by atoms with Crippen molar-refractivity contribution >= 4 is 23.5 Å². The number of hydrogen-bond acceptors (Lipinski definition) is 6. The molecule has 0 saturated carbocycles. The molecule has 7 heteroatoms. The van der Waals surface area contributed by atoms with Gasteiger partial charge >= 0.3 is 11.9 Å². The van der Waals surface area contributed by atoms with Crippen LogP contribution in [0.3, 0.4) is 0 Å². The lowest BCUT2D eigenvalue weighted by molar-refractivity contribution is -0.136. The number of hydrogen-bond donors (Lipinski definition) is 0. The zero-order valence-corrected chi connectivity index (χ0v) is 17.6. The molecule has 0 saturated heterocycles. The first-order valence-electron chi connectivity index (χ1n) is 9.56. The Morgan fingerprint density at radius 3 is 2.35 bits per heavy atom. The van der Waals surface area contributed by atoms with Crippen LogP contribution in [0, 0.1) is 6.92 Å². The Morgan fingerprint density at radius 1 is 0.839 bits per heavy atom. The van der Waals surface area contributed by atoms with Gasteiger partial charge in [-0.1, -0.05) is 41.9 Å². The Morgan fingerprint density at radius 2 is 1.58 bits per heavy atom. The topological polar surface area (TPSA) is 71.1 Å². The van der Waals surface area contributed by atoms with Crippen molar-refractivity contribution in [3.8, 4) is 17.2 Å². The minimum absolute atomic E-state index is 0.0506. The molecule has 0 aliphatic heterocycles. The smallest absolute Gasteiger partial charge is 0.349 e. The second-order valence-electron chi connectivity index (χ2n) is 6.47. The largest absolute Gasteiger partial charge is 0.490 e. The van der Waals surface area contributed by atoms with Crippen LogP contribution in [-0.2, 0) is 9.53 Å². The number of carbonyl (C=O) groups is 2. The summed E-state index contributed by atoms with van der Waals surface area (Å²) >= 11 is 5.98. The van der Waals surface area contributed by atoms with Crippen molar-refractivity contribution in [1.82, 2.24) is 0 Å². The van der Waals surface area contributed by atoms with Crippen LogP contribution in [0.2, 0.25) is 5.02 Å². The van der Waals surface area contributed by atoms with Crippen molar-refractivity contribution in [1.29, 1.82) is 0 Å². The maximum absolute atomic E-state index is 12.4. The quantitative estimate of drug-likeness (QED) is 0.268. The third-order valence-corrected chi connectivity index (χ3v) is 4.57. The van der Waals surface area contributed by atoms with E-state index in [0.29, 0.717) is 16.5 Å². The van der Waals surface area contributed by atoms with Gasteiger partial charge in [-0.05, 0) is 55.0 Å². The Labute approximate surface area is 185 Å². The Balaban J connectivity index is 1.50. The highest BCUT2D eigenvalue weighted by Gasteiger charge is 2.17. The van der Waals surface area contributed by atoms with Crippen LogP contribution in [0.1, 0.15) is 15.9 Å². The van der Waals surface area contributed by atoms with Crippen molar-refractivity contribution in [2.45, 2.75) is 6.92 Å². The molecule has 0 atom stereocenters. The summed E-state index contributed by atoms with van der Waals surface area (Å²) in [5.41, 5.74) is 0.967. The molecule has 0 aliphatic rings. The average molecular weight is 441 g/mol. The molecule has 3 aromatic carbocycles. The molecular weight excluding hydrogens is 420 g/mol. The highest BCUT2D eigenvalue weighted by atomic mass is 35.5. The van der Waals surface area contributed by atoms with Crippen LogP contribution in [0.5, 0.6) is 17.2 Å². The fourth-order valence-corrected chi connectivity index (χ4v) is 2.73. The predicted octanol–water partition coefficient (Wildman–Crippen LogP) is 4.87. The maximum Gasteiger partial charge on any atom is 0.349 e.